The topological polar surface area (TPSA) is 69.7 Å². The van der Waals surface area contributed by atoms with Crippen molar-refractivity contribution in [2.75, 3.05) is 19.5 Å². The van der Waals surface area contributed by atoms with Crippen molar-refractivity contribution in [1.82, 2.24) is 0 Å². The Balaban J connectivity index is 2.57. The summed E-state index contributed by atoms with van der Waals surface area (Å²) < 4.78 is 34.0. The maximum absolute atomic E-state index is 12.1. The second-order valence-electron chi connectivity index (χ2n) is 4.42. The van der Waals surface area contributed by atoms with Crippen LogP contribution >= 0.6 is 0 Å². The Kier molecular flexibility index (Phi) is 6.42. The number of rotatable bonds is 8. The molecule has 0 N–H and O–H groups in total. The Labute approximate surface area is 125 Å². The summed E-state index contributed by atoms with van der Waals surface area (Å²) in [6.45, 7) is 5.59. The van der Waals surface area contributed by atoms with Crippen LogP contribution in [0.4, 0.5) is 0 Å². The lowest BCUT2D eigenvalue weighted by molar-refractivity contribution is -0.138. The molecule has 0 amide bonds. The lowest BCUT2D eigenvalue weighted by atomic mass is 10.2. The largest absolute Gasteiger partial charge is 0.497 e. The number of sulfone groups is 1. The van der Waals surface area contributed by atoms with Gasteiger partial charge >= 0.3 is 5.97 Å². The van der Waals surface area contributed by atoms with E-state index in [4.69, 9.17) is 9.47 Å². The standard InChI is InChI=1S/C15H20O5S/c1-4-20-15(16)12(2)6-5-11-21(17,18)14-9-7-13(19-3)8-10-14/h7-10H,2,4-6,11H2,1,3H3. The fourth-order valence-electron chi connectivity index (χ4n) is 1.71. The maximum atomic E-state index is 12.1. The molecule has 1 aromatic rings. The number of methoxy groups -OCH3 is 1. The molecule has 0 unspecified atom stereocenters. The van der Waals surface area contributed by atoms with Crippen molar-refractivity contribution < 1.29 is 22.7 Å². The molecule has 1 rings (SSSR count). The van der Waals surface area contributed by atoms with Crippen molar-refractivity contribution in [3.05, 3.63) is 36.4 Å². The number of hydrogen-bond donors (Lipinski definition) is 0. The van der Waals surface area contributed by atoms with Gasteiger partial charge < -0.3 is 9.47 Å². The maximum Gasteiger partial charge on any atom is 0.333 e. The van der Waals surface area contributed by atoms with E-state index >= 15 is 0 Å². The molecular weight excluding hydrogens is 292 g/mol. The first-order chi connectivity index (χ1) is 9.90. The van der Waals surface area contributed by atoms with E-state index < -0.39 is 15.8 Å². The van der Waals surface area contributed by atoms with Crippen LogP contribution < -0.4 is 4.74 Å². The molecule has 0 spiro atoms. The van der Waals surface area contributed by atoms with Gasteiger partial charge in [0, 0.05) is 5.57 Å². The smallest absolute Gasteiger partial charge is 0.333 e. The molecule has 0 aromatic heterocycles. The van der Waals surface area contributed by atoms with Crippen molar-refractivity contribution in [2.24, 2.45) is 0 Å². The van der Waals surface area contributed by atoms with Crippen molar-refractivity contribution >= 4 is 15.8 Å². The summed E-state index contributed by atoms with van der Waals surface area (Å²) in [7, 11) is -1.85. The molecule has 0 heterocycles. The average molecular weight is 312 g/mol. The number of carbonyl (C=O) groups excluding carboxylic acids is 1. The van der Waals surface area contributed by atoms with E-state index in [1.165, 1.54) is 19.2 Å². The van der Waals surface area contributed by atoms with Crippen LogP contribution in [0.2, 0.25) is 0 Å². The van der Waals surface area contributed by atoms with Gasteiger partial charge in [-0.15, -0.1) is 0 Å². The summed E-state index contributed by atoms with van der Waals surface area (Å²) >= 11 is 0. The molecule has 0 radical (unpaired) electrons. The minimum Gasteiger partial charge on any atom is -0.497 e. The van der Waals surface area contributed by atoms with E-state index in [1.54, 1.807) is 19.1 Å². The van der Waals surface area contributed by atoms with Crippen LogP contribution in [-0.4, -0.2) is 33.9 Å². The van der Waals surface area contributed by atoms with Gasteiger partial charge in [-0.3, -0.25) is 0 Å². The molecule has 0 aliphatic carbocycles. The van der Waals surface area contributed by atoms with E-state index in [2.05, 4.69) is 6.58 Å². The highest BCUT2D eigenvalue weighted by molar-refractivity contribution is 7.91. The predicted octanol–water partition coefficient (Wildman–Crippen LogP) is 2.37. The zero-order chi connectivity index (χ0) is 15.9. The van der Waals surface area contributed by atoms with Gasteiger partial charge in [0.25, 0.3) is 0 Å². The molecule has 21 heavy (non-hydrogen) atoms. The van der Waals surface area contributed by atoms with Crippen molar-refractivity contribution in [3.63, 3.8) is 0 Å². The minimum absolute atomic E-state index is 0.0439. The normalized spacial score (nSPS) is 11.0. The molecule has 0 saturated heterocycles. The number of esters is 1. The van der Waals surface area contributed by atoms with Gasteiger partial charge in [0.2, 0.25) is 0 Å². The average Bonchev–Trinajstić information content (AvgIpc) is 2.47. The molecule has 0 atom stereocenters. The van der Waals surface area contributed by atoms with Crippen LogP contribution in [0.25, 0.3) is 0 Å². The zero-order valence-electron chi connectivity index (χ0n) is 12.3. The van der Waals surface area contributed by atoms with Gasteiger partial charge in [0.1, 0.15) is 5.75 Å². The van der Waals surface area contributed by atoms with E-state index in [1.807, 2.05) is 0 Å². The molecule has 0 aliphatic rings. The molecule has 1 aromatic carbocycles. The van der Waals surface area contributed by atoms with E-state index in [0.29, 0.717) is 24.2 Å². The van der Waals surface area contributed by atoms with Crippen molar-refractivity contribution in [1.29, 1.82) is 0 Å². The Morgan fingerprint density at radius 2 is 1.86 bits per heavy atom. The zero-order valence-corrected chi connectivity index (χ0v) is 13.1. The predicted molar refractivity (Wildman–Crippen MR) is 80.1 cm³/mol. The van der Waals surface area contributed by atoms with Crippen LogP contribution in [0.5, 0.6) is 5.75 Å². The molecule has 0 bridgehead atoms. The molecule has 0 aliphatic heterocycles. The number of hydrogen-bond acceptors (Lipinski definition) is 5. The first kappa shape index (κ1) is 17.2. The number of benzene rings is 1. The first-order valence-electron chi connectivity index (χ1n) is 6.62. The second kappa shape index (κ2) is 7.83. The monoisotopic (exact) mass is 312 g/mol. The second-order valence-corrected chi connectivity index (χ2v) is 6.53. The third-order valence-electron chi connectivity index (χ3n) is 2.87. The van der Waals surface area contributed by atoms with Crippen LogP contribution in [0.3, 0.4) is 0 Å². The number of carbonyl (C=O) groups is 1. The number of ether oxygens (including phenoxy) is 2. The van der Waals surface area contributed by atoms with Gasteiger partial charge in [0.15, 0.2) is 9.84 Å². The fourth-order valence-corrected chi connectivity index (χ4v) is 3.02. The Morgan fingerprint density at radius 3 is 2.38 bits per heavy atom. The molecule has 6 heteroatoms. The Morgan fingerprint density at radius 1 is 1.24 bits per heavy atom. The summed E-state index contributed by atoms with van der Waals surface area (Å²) in [6, 6.07) is 6.22. The summed E-state index contributed by atoms with van der Waals surface area (Å²) in [5, 5.41) is 0. The van der Waals surface area contributed by atoms with Gasteiger partial charge in [-0.05, 0) is 44.0 Å². The highest BCUT2D eigenvalue weighted by Crippen LogP contribution is 2.18. The third kappa shape index (κ3) is 5.23. The third-order valence-corrected chi connectivity index (χ3v) is 4.69. The lowest BCUT2D eigenvalue weighted by Crippen LogP contribution is -2.10. The van der Waals surface area contributed by atoms with Gasteiger partial charge in [0.05, 0.1) is 24.4 Å². The quantitative estimate of drug-likeness (QED) is 0.544. The van der Waals surface area contributed by atoms with Gasteiger partial charge in [-0.25, -0.2) is 13.2 Å². The summed E-state index contributed by atoms with van der Waals surface area (Å²) in [4.78, 5) is 11.6. The highest BCUT2D eigenvalue weighted by Gasteiger charge is 2.15. The SMILES string of the molecule is C=C(CCCS(=O)(=O)c1ccc(OC)cc1)C(=O)OCC. The van der Waals surface area contributed by atoms with Crippen molar-refractivity contribution in [2.45, 2.75) is 24.7 Å². The minimum atomic E-state index is -3.37. The Bertz CT molecular complexity index is 587. The Hall–Kier alpha value is -1.82. The summed E-state index contributed by atoms with van der Waals surface area (Å²) in [6.07, 6.45) is 0.625. The lowest BCUT2D eigenvalue weighted by Gasteiger charge is -2.07. The van der Waals surface area contributed by atoms with Crippen molar-refractivity contribution in [3.8, 4) is 5.75 Å². The van der Waals surface area contributed by atoms with Gasteiger partial charge in [-0.2, -0.15) is 0 Å². The molecule has 5 nitrogen and oxygen atoms in total. The van der Waals surface area contributed by atoms with Crippen LogP contribution in [0, 0.1) is 0 Å². The molecular formula is C15H20O5S. The van der Waals surface area contributed by atoms with Crippen LogP contribution in [0.15, 0.2) is 41.3 Å². The fraction of sp³-hybridized carbons (Fsp3) is 0.400. The molecule has 0 fully saturated rings. The summed E-state index contributed by atoms with van der Waals surface area (Å²) in [5.74, 6) is 0.0848. The van der Waals surface area contributed by atoms with Crippen LogP contribution in [0.1, 0.15) is 19.8 Å². The molecule has 0 saturated carbocycles. The van der Waals surface area contributed by atoms with Gasteiger partial charge in [-0.1, -0.05) is 6.58 Å². The van der Waals surface area contributed by atoms with E-state index in [-0.39, 0.29) is 17.3 Å². The van der Waals surface area contributed by atoms with E-state index in [0.717, 1.165) is 0 Å². The first-order valence-corrected chi connectivity index (χ1v) is 8.27. The van der Waals surface area contributed by atoms with Crippen LogP contribution in [-0.2, 0) is 19.4 Å². The molecule has 116 valence electrons. The summed E-state index contributed by atoms with van der Waals surface area (Å²) in [5.41, 5.74) is 0.293. The van der Waals surface area contributed by atoms with E-state index in [9.17, 15) is 13.2 Å². The highest BCUT2D eigenvalue weighted by atomic mass is 32.2.